The van der Waals surface area contributed by atoms with Crippen molar-refractivity contribution in [2.24, 2.45) is 5.92 Å². The normalized spacial score (nSPS) is 13.3. The van der Waals surface area contributed by atoms with Crippen LogP contribution in [-0.2, 0) is 0 Å². The molecule has 0 amide bonds. The maximum Gasteiger partial charge on any atom is 0.129 e. The standard InChI is InChI=1S/C13H19FO/c1-8(2)5-13(15)11-6-9(3)10(4)7-12(11)14/h6-8,13,15H,5H2,1-4H3. The third kappa shape index (κ3) is 3.03. The van der Waals surface area contributed by atoms with Crippen molar-refractivity contribution < 1.29 is 9.50 Å². The van der Waals surface area contributed by atoms with Crippen molar-refractivity contribution in [3.05, 3.63) is 34.6 Å². The van der Waals surface area contributed by atoms with E-state index in [2.05, 4.69) is 0 Å². The molecule has 0 radical (unpaired) electrons. The Morgan fingerprint density at radius 2 is 1.73 bits per heavy atom. The second-order valence-electron chi connectivity index (χ2n) is 4.60. The Hall–Kier alpha value is -0.890. The SMILES string of the molecule is Cc1cc(F)c(C(O)CC(C)C)cc1C. The Balaban J connectivity index is 2.98. The van der Waals surface area contributed by atoms with E-state index >= 15 is 0 Å². The zero-order valence-corrected chi connectivity index (χ0v) is 9.84. The average molecular weight is 210 g/mol. The molecule has 1 unspecified atom stereocenters. The third-order valence-electron chi connectivity index (χ3n) is 2.67. The van der Waals surface area contributed by atoms with Crippen LogP contribution in [0.4, 0.5) is 4.39 Å². The molecule has 0 aliphatic rings. The van der Waals surface area contributed by atoms with E-state index in [-0.39, 0.29) is 5.82 Å². The highest BCUT2D eigenvalue weighted by Gasteiger charge is 2.15. The minimum Gasteiger partial charge on any atom is -0.388 e. The zero-order valence-electron chi connectivity index (χ0n) is 9.84. The highest BCUT2D eigenvalue weighted by atomic mass is 19.1. The second kappa shape index (κ2) is 4.75. The molecule has 0 aromatic heterocycles. The van der Waals surface area contributed by atoms with E-state index in [1.54, 1.807) is 6.07 Å². The molecule has 0 fully saturated rings. The van der Waals surface area contributed by atoms with Gasteiger partial charge in [-0.2, -0.15) is 0 Å². The molecule has 1 rings (SSSR count). The first-order valence-electron chi connectivity index (χ1n) is 5.36. The van der Waals surface area contributed by atoms with Gasteiger partial charge in [0.1, 0.15) is 5.82 Å². The molecular weight excluding hydrogens is 191 g/mol. The van der Waals surface area contributed by atoms with Crippen LogP contribution in [0.3, 0.4) is 0 Å². The van der Waals surface area contributed by atoms with Gasteiger partial charge in [-0.15, -0.1) is 0 Å². The molecule has 2 heteroatoms. The van der Waals surface area contributed by atoms with Gasteiger partial charge in [0.05, 0.1) is 6.10 Å². The van der Waals surface area contributed by atoms with Crippen LogP contribution in [0.2, 0.25) is 0 Å². The Morgan fingerprint density at radius 3 is 2.27 bits per heavy atom. The van der Waals surface area contributed by atoms with E-state index in [9.17, 15) is 9.50 Å². The van der Waals surface area contributed by atoms with E-state index in [0.717, 1.165) is 11.1 Å². The van der Waals surface area contributed by atoms with Gasteiger partial charge in [-0.05, 0) is 43.4 Å². The Morgan fingerprint density at radius 1 is 1.20 bits per heavy atom. The van der Waals surface area contributed by atoms with Gasteiger partial charge in [0.15, 0.2) is 0 Å². The maximum atomic E-state index is 13.6. The Labute approximate surface area is 90.9 Å². The Bertz CT molecular complexity index is 345. The van der Waals surface area contributed by atoms with E-state index in [1.165, 1.54) is 6.07 Å². The van der Waals surface area contributed by atoms with Crippen LogP contribution in [-0.4, -0.2) is 5.11 Å². The fraction of sp³-hybridized carbons (Fsp3) is 0.538. The maximum absolute atomic E-state index is 13.6. The zero-order chi connectivity index (χ0) is 11.6. The van der Waals surface area contributed by atoms with E-state index in [0.29, 0.717) is 17.9 Å². The van der Waals surface area contributed by atoms with Crippen molar-refractivity contribution >= 4 is 0 Å². The van der Waals surface area contributed by atoms with Crippen LogP contribution in [0.15, 0.2) is 12.1 Å². The van der Waals surface area contributed by atoms with Gasteiger partial charge < -0.3 is 5.11 Å². The number of benzene rings is 1. The van der Waals surface area contributed by atoms with Gasteiger partial charge in [-0.3, -0.25) is 0 Å². The lowest BCUT2D eigenvalue weighted by Gasteiger charge is -2.15. The largest absolute Gasteiger partial charge is 0.388 e. The quantitative estimate of drug-likeness (QED) is 0.809. The molecule has 0 saturated carbocycles. The van der Waals surface area contributed by atoms with Crippen molar-refractivity contribution in [2.75, 3.05) is 0 Å². The molecule has 1 nitrogen and oxygen atoms in total. The summed E-state index contributed by atoms with van der Waals surface area (Å²) in [6.45, 7) is 7.84. The van der Waals surface area contributed by atoms with Gasteiger partial charge >= 0.3 is 0 Å². The summed E-state index contributed by atoms with van der Waals surface area (Å²) < 4.78 is 13.6. The van der Waals surface area contributed by atoms with Gasteiger partial charge in [0.25, 0.3) is 0 Å². The summed E-state index contributed by atoms with van der Waals surface area (Å²) in [6.07, 6.45) is -0.0938. The molecule has 1 N–H and O–H groups in total. The van der Waals surface area contributed by atoms with Crippen LogP contribution in [0.5, 0.6) is 0 Å². The van der Waals surface area contributed by atoms with Crippen LogP contribution in [0.1, 0.15) is 43.1 Å². The molecule has 15 heavy (non-hydrogen) atoms. The molecule has 0 heterocycles. The lowest BCUT2D eigenvalue weighted by atomic mass is 9.96. The number of hydrogen-bond donors (Lipinski definition) is 1. The first kappa shape index (κ1) is 12.2. The molecule has 0 spiro atoms. The predicted molar refractivity (Wildman–Crippen MR) is 60.3 cm³/mol. The summed E-state index contributed by atoms with van der Waals surface area (Å²) in [5, 5.41) is 9.85. The molecule has 0 saturated heterocycles. The van der Waals surface area contributed by atoms with Gasteiger partial charge in [0.2, 0.25) is 0 Å². The summed E-state index contributed by atoms with van der Waals surface area (Å²) in [6, 6.07) is 3.24. The minimum atomic E-state index is -0.690. The second-order valence-corrected chi connectivity index (χ2v) is 4.60. The van der Waals surface area contributed by atoms with E-state index in [4.69, 9.17) is 0 Å². The van der Waals surface area contributed by atoms with Crippen LogP contribution >= 0.6 is 0 Å². The third-order valence-corrected chi connectivity index (χ3v) is 2.67. The van der Waals surface area contributed by atoms with Crippen LogP contribution in [0.25, 0.3) is 0 Å². The topological polar surface area (TPSA) is 20.2 Å². The number of rotatable bonds is 3. The molecule has 1 aromatic rings. The number of halogens is 1. The molecule has 84 valence electrons. The molecule has 1 atom stereocenters. The Kier molecular flexibility index (Phi) is 3.86. The van der Waals surface area contributed by atoms with Crippen molar-refractivity contribution in [2.45, 2.75) is 40.2 Å². The number of aliphatic hydroxyl groups is 1. The molecule has 0 bridgehead atoms. The minimum absolute atomic E-state index is 0.300. The van der Waals surface area contributed by atoms with Gasteiger partial charge in [-0.25, -0.2) is 4.39 Å². The summed E-state index contributed by atoms with van der Waals surface area (Å²) >= 11 is 0. The lowest BCUT2D eigenvalue weighted by molar-refractivity contribution is 0.146. The molecule has 1 aromatic carbocycles. The van der Waals surface area contributed by atoms with Crippen LogP contribution < -0.4 is 0 Å². The highest BCUT2D eigenvalue weighted by molar-refractivity contribution is 5.32. The average Bonchev–Trinajstić information content (AvgIpc) is 2.09. The van der Waals surface area contributed by atoms with Crippen molar-refractivity contribution in [1.82, 2.24) is 0 Å². The predicted octanol–water partition coefficient (Wildman–Crippen LogP) is 3.52. The van der Waals surface area contributed by atoms with Crippen LogP contribution in [0, 0.1) is 25.6 Å². The van der Waals surface area contributed by atoms with Crippen molar-refractivity contribution in [3.8, 4) is 0 Å². The first-order valence-corrected chi connectivity index (χ1v) is 5.36. The summed E-state index contributed by atoms with van der Waals surface area (Å²) in [4.78, 5) is 0. The summed E-state index contributed by atoms with van der Waals surface area (Å²) in [5.41, 5.74) is 2.37. The lowest BCUT2D eigenvalue weighted by Crippen LogP contribution is -2.05. The summed E-state index contributed by atoms with van der Waals surface area (Å²) in [5.74, 6) is 0.0623. The van der Waals surface area contributed by atoms with Crippen molar-refractivity contribution in [1.29, 1.82) is 0 Å². The van der Waals surface area contributed by atoms with Crippen molar-refractivity contribution in [3.63, 3.8) is 0 Å². The monoisotopic (exact) mass is 210 g/mol. The molecule has 0 aliphatic heterocycles. The molecular formula is C13H19FO. The fourth-order valence-electron chi connectivity index (χ4n) is 1.63. The highest BCUT2D eigenvalue weighted by Crippen LogP contribution is 2.25. The number of aryl methyl sites for hydroxylation is 2. The van der Waals surface area contributed by atoms with E-state index < -0.39 is 6.10 Å². The van der Waals surface area contributed by atoms with Gasteiger partial charge in [0, 0.05) is 5.56 Å². The summed E-state index contributed by atoms with van der Waals surface area (Å²) in [7, 11) is 0. The smallest absolute Gasteiger partial charge is 0.129 e. The van der Waals surface area contributed by atoms with Gasteiger partial charge in [-0.1, -0.05) is 19.9 Å². The fourth-order valence-corrected chi connectivity index (χ4v) is 1.63. The van der Waals surface area contributed by atoms with E-state index in [1.807, 2.05) is 27.7 Å². The number of aliphatic hydroxyl groups excluding tert-OH is 1. The molecule has 0 aliphatic carbocycles. The number of hydrogen-bond acceptors (Lipinski definition) is 1. The first-order chi connectivity index (χ1) is 6.91.